The van der Waals surface area contributed by atoms with Gasteiger partial charge >= 0.3 is 0 Å². The molecule has 3 heterocycles. The van der Waals surface area contributed by atoms with Gasteiger partial charge in [-0.05, 0) is 64.2 Å². The van der Waals surface area contributed by atoms with E-state index in [4.69, 9.17) is 28.4 Å². The van der Waals surface area contributed by atoms with E-state index < -0.39 is 124 Å². The van der Waals surface area contributed by atoms with Gasteiger partial charge in [0.05, 0.1) is 38.6 Å². The number of aliphatic hydroxyl groups is 11. The van der Waals surface area contributed by atoms with E-state index in [1.54, 1.807) is 6.08 Å². The lowest BCUT2D eigenvalue weighted by atomic mass is 9.96. The van der Waals surface area contributed by atoms with Crippen LogP contribution in [0.2, 0.25) is 0 Å². The van der Waals surface area contributed by atoms with Crippen molar-refractivity contribution in [3.8, 4) is 0 Å². The molecular weight excluding hydrogens is 1170 g/mol. The van der Waals surface area contributed by atoms with Gasteiger partial charge in [0.25, 0.3) is 0 Å². The molecular formula is C72H131NO18. The molecule has 3 saturated heterocycles. The number of rotatable bonds is 56. The summed E-state index contributed by atoms with van der Waals surface area (Å²) in [5.74, 6) is -0.292. The summed E-state index contributed by atoms with van der Waals surface area (Å²) in [6, 6.07) is -0.996. The second-order valence-electron chi connectivity index (χ2n) is 26.0. The molecule has 1 amide bonds. The molecule has 17 unspecified atom stereocenters. The lowest BCUT2D eigenvalue weighted by Gasteiger charge is -2.48. The average Bonchev–Trinajstić information content (AvgIpc) is 0.844. The number of nitrogens with one attached hydrogen (secondary N) is 1. The Hall–Kier alpha value is -2.25. The van der Waals surface area contributed by atoms with Gasteiger partial charge in [0, 0.05) is 6.42 Å². The van der Waals surface area contributed by atoms with E-state index in [0.29, 0.717) is 12.8 Å². The number of hydrogen-bond donors (Lipinski definition) is 12. The van der Waals surface area contributed by atoms with Crippen molar-refractivity contribution in [2.75, 3.05) is 26.4 Å². The summed E-state index contributed by atoms with van der Waals surface area (Å²) in [6.07, 6.45) is 38.1. The Balaban J connectivity index is 1.43. The van der Waals surface area contributed by atoms with E-state index in [2.05, 4.69) is 55.6 Å². The maximum Gasteiger partial charge on any atom is 0.220 e. The highest BCUT2D eigenvalue weighted by atomic mass is 16.8. The minimum absolute atomic E-state index is 0.226. The SMILES string of the molecule is CCCCCC/C=C\C/C=C\CCCCCCCCCC(=O)NC(COC1OC(CO)C(OC2OC(CO)C(OC3OC(CO)C(O)C(O)C3O)C(O)C2O)C(O)C1O)C(O)/C=C/CC/C=C/CCCCCCCCCCCCCCCCCCCCCCCC. The van der Waals surface area contributed by atoms with Gasteiger partial charge < -0.3 is 89.9 Å². The van der Waals surface area contributed by atoms with E-state index in [0.717, 1.165) is 77.0 Å². The van der Waals surface area contributed by atoms with Crippen molar-refractivity contribution in [2.45, 2.75) is 375 Å². The first kappa shape index (κ1) is 83.0. The van der Waals surface area contributed by atoms with Crippen LogP contribution in [0.3, 0.4) is 0 Å². The van der Waals surface area contributed by atoms with Crippen LogP contribution in [0.1, 0.15) is 271 Å². The van der Waals surface area contributed by atoms with Crippen molar-refractivity contribution < 1.29 is 89.4 Å². The summed E-state index contributed by atoms with van der Waals surface area (Å²) in [7, 11) is 0. The van der Waals surface area contributed by atoms with E-state index >= 15 is 0 Å². The Labute approximate surface area is 548 Å². The third kappa shape index (κ3) is 35.5. The van der Waals surface area contributed by atoms with Crippen molar-refractivity contribution in [3.05, 3.63) is 48.6 Å². The molecule has 0 radical (unpaired) electrons. The minimum Gasteiger partial charge on any atom is -0.394 e. The van der Waals surface area contributed by atoms with Gasteiger partial charge in [0.2, 0.25) is 5.91 Å². The van der Waals surface area contributed by atoms with Gasteiger partial charge in [-0.3, -0.25) is 4.79 Å². The van der Waals surface area contributed by atoms with Gasteiger partial charge in [0.15, 0.2) is 18.9 Å². The third-order valence-corrected chi connectivity index (χ3v) is 18.1. The van der Waals surface area contributed by atoms with Crippen molar-refractivity contribution in [3.63, 3.8) is 0 Å². The predicted octanol–water partition coefficient (Wildman–Crippen LogP) is 10.2. The van der Waals surface area contributed by atoms with Crippen molar-refractivity contribution in [1.29, 1.82) is 0 Å². The van der Waals surface area contributed by atoms with Gasteiger partial charge in [0.1, 0.15) is 73.2 Å². The molecule has 91 heavy (non-hydrogen) atoms. The average molecular weight is 1300 g/mol. The topological polar surface area (TPSA) is 307 Å². The molecule has 0 aliphatic carbocycles. The fourth-order valence-electron chi connectivity index (χ4n) is 12.2. The largest absolute Gasteiger partial charge is 0.394 e. The molecule has 0 saturated carbocycles. The molecule has 0 bridgehead atoms. The monoisotopic (exact) mass is 1300 g/mol. The Morgan fingerprint density at radius 2 is 0.736 bits per heavy atom. The summed E-state index contributed by atoms with van der Waals surface area (Å²) in [5.41, 5.74) is 0. The molecule has 19 nitrogen and oxygen atoms in total. The summed E-state index contributed by atoms with van der Waals surface area (Å²) < 4.78 is 34.3. The summed E-state index contributed by atoms with van der Waals surface area (Å²) in [4.78, 5) is 13.4. The van der Waals surface area contributed by atoms with Crippen LogP contribution in [0.4, 0.5) is 0 Å². The number of aliphatic hydroxyl groups excluding tert-OH is 11. The first-order valence-corrected chi connectivity index (χ1v) is 36.4. The molecule has 0 aromatic heterocycles. The Kier molecular flexibility index (Phi) is 49.1. The Morgan fingerprint density at radius 1 is 0.396 bits per heavy atom. The number of ether oxygens (including phenoxy) is 6. The highest BCUT2D eigenvalue weighted by Crippen LogP contribution is 2.33. The normalized spacial score (nSPS) is 28.1. The fourth-order valence-corrected chi connectivity index (χ4v) is 12.2. The number of carbonyl (C=O) groups excluding carboxylic acids is 1. The second-order valence-corrected chi connectivity index (χ2v) is 26.0. The maximum absolute atomic E-state index is 13.4. The molecule has 532 valence electrons. The smallest absolute Gasteiger partial charge is 0.220 e. The maximum atomic E-state index is 13.4. The summed E-state index contributed by atoms with van der Waals surface area (Å²) in [5, 5.41) is 121. The highest BCUT2D eigenvalue weighted by molar-refractivity contribution is 5.76. The first-order chi connectivity index (χ1) is 44.3. The second kappa shape index (κ2) is 53.8. The van der Waals surface area contributed by atoms with Crippen molar-refractivity contribution in [2.24, 2.45) is 0 Å². The van der Waals surface area contributed by atoms with Gasteiger partial charge in [-0.2, -0.15) is 0 Å². The molecule has 17 atom stereocenters. The van der Waals surface area contributed by atoms with E-state index in [9.17, 15) is 61.0 Å². The molecule has 3 aliphatic heterocycles. The lowest BCUT2D eigenvalue weighted by Crippen LogP contribution is -2.66. The zero-order chi connectivity index (χ0) is 66.1. The molecule has 19 heteroatoms. The van der Waals surface area contributed by atoms with Gasteiger partial charge in [-0.25, -0.2) is 0 Å². The first-order valence-electron chi connectivity index (χ1n) is 36.4. The van der Waals surface area contributed by atoms with Crippen LogP contribution in [-0.2, 0) is 33.2 Å². The quantitative estimate of drug-likeness (QED) is 0.0199. The predicted molar refractivity (Wildman–Crippen MR) is 356 cm³/mol. The zero-order valence-corrected chi connectivity index (χ0v) is 56.3. The molecule has 0 spiro atoms. The summed E-state index contributed by atoms with van der Waals surface area (Å²) in [6.45, 7) is 1.71. The molecule has 3 rings (SSSR count). The molecule has 3 aliphatic rings. The van der Waals surface area contributed by atoms with Crippen LogP contribution in [0.15, 0.2) is 48.6 Å². The van der Waals surface area contributed by atoms with E-state index in [-0.39, 0.29) is 18.9 Å². The van der Waals surface area contributed by atoms with Crippen LogP contribution in [0.5, 0.6) is 0 Å². The van der Waals surface area contributed by atoms with Crippen LogP contribution < -0.4 is 5.32 Å². The number of amides is 1. The molecule has 12 N–H and O–H groups in total. The standard InChI is InChI=1S/C72H131NO18/c1-3-5-7-9-11-13-15-17-19-21-23-24-25-26-27-28-29-30-31-32-33-35-37-39-41-43-45-47-49-56(77)55(73-60(78)50-48-46-44-42-40-38-36-34-22-20-18-16-14-12-10-8-6-4-2)54-86-70-66(84)63(81)68(58(52-75)88-70)91-72-67(85)64(82)69(59(53-76)89-72)90-71-65(83)62(80)61(79)57(51-74)87-71/h14,16,20,22,39,41,47,49,55-59,61-72,74-77,79-85H,3-13,15,17-19,21,23-38,40,42-46,48,50-54H2,1-2H3,(H,73,78)/b16-14-,22-20-,41-39+,49-47+. The van der Waals surface area contributed by atoms with Crippen LogP contribution >= 0.6 is 0 Å². The lowest BCUT2D eigenvalue weighted by molar-refractivity contribution is -0.379. The third-order valence-electron chi connectivity index (χ3n) is 18.1. The van der Waals surface area contributed by atoms with Crippen LogP contribution in [-0.4, -0.2) is 193 Å². The summed E-state index contributed by atoms with van der Waals surface area (Å²) >= 11 is 0. The number of hydrogen-bond acceptors (Lipinski definition) is 18. The van der Waals surface area contributed by atoms with Crippen molar-refractivity contribution in [1.82, 2.24) is 5.32 Å². The van der Waals surface area contributed by atoms with Crippen LogP contribution in [0.25, 0.3) is 0 Å². The highest BCUT2D eigenvalue weighted by Gasteiger charge is 2.53. The van der Waals surface area contributed by atoms with Crippen molar-refractivity contribution >= 4 is 5.91 Å². The Morgan fingerprint density at radius 3 is 1.18 bits per heavy atom. The number of carbonyl (C=O) groups is 1. The minimum atomic E-state index is -1.98. The number of unbranched alkanes of at least 4 members (excludes halogenated alkanes) is 34. The van der Waals surface area contributed by atoms with E-state index in [1.807, 2.05) is 6.08 Å². The van der Waals surface area contributed by atoms with Gasteiger partial charge in [-0.15, -0.1) is 0 Å². The molecule has 0 aromatic carbocycles. The molecule has 3 fully saturated rings. The zero-order valence-electron chi connectivity index (χ0n) is 56.3. The molecule has 0 aromatic rings. The fraction of sp³-hybridized carbons (Fsp3) is 0.875. The Bertz CT molecular complexity index is 1840. The van der Waals surface area contributed by atoms with Gasteiger partial charge in [-0.1, -0.05) is 249 Å². The number of allylic oxidation sites excluding steroid dienone is 7. The van der Waals surface area contributed by atoms with Crippen LogP contribution in [0, 0.1) is 0 Å². The van der Waals surface area contributed by atoms with E-state index in [1.165, 1.54) is 161 Å².